The Kier molecular flexibility index (Phi) is 4.17. The van der Waals surface area contributed by atoms with E-state index in [0.717, 1.165) is 0 Å². The SMILES string of the molecule is Nc1cnn(CCNS(=O)(=O)c2cncc(Br)c2)c1. The predicted octanol–water partition coefficient (Wildman–Crippen LogP) is 0.601. The fourth-order valence-corrected chi connectivity index (χ4v) is 2.94. The molecule has 3 N–H and O–H groups in total. The average Bonchev–Trinajstić information content (AvgIpc) is 2.75. The lowest BCUT2D eigenvalue weighted by Gasteiger charge is -2.06. The molecule has 0 aromatic carbocycles. The van der Waals surface area contributed by atoms with E-state index in [-0.39, 0.29) is 11.4 Å². The molecule has 0 saturated heterocycles. The van der Waals surface area contributed by atoms with Crippen molar-refractivity contribution >= 4 is 31.6 Å². The van der Waals surface area contributed by atoms with Crippen LogP contribution in [0, 0.1) is 0 Å². The van der Waals surface area contributed by atoms with Crippen LogP contribution < -0.4 is 10.5 Å². The molecule has 0 aliphatic heterocycles. The molecular weight excluding hydrogens is 334 g/mol. The van der Waals surface area contributed by atoms with Crippen LogP contribution in [0.15, 0.2) is 40.2 Å². The number of hydrogen-bond acceptors (Lipinski definition) is 5. The topological polar surface area (TPSA) is 103 Å². The summed E-state index contributed by atoms with van der Waals surface area (Å²) in [6.45, 7) is 0.619. The van der Waals surface area contributed by atoms with Crippen LogP contribution in [-0.4, -0.2) is 29.7 Å². The fourth-order valence-electron chi connectivity index (χ4n) is 1.42. The van der Waals surface area contributed by atoms with Crippen molar-refractivity contribution in [2.45, 2.75) is 11.4 Å². The minimum Gasteiger partial charge on any atom is -0.396 e. The zero-order valence-corrected chi connectivity index (χ0v) is 12.2. The standard InChI is InChI=1S/C10H12BrN5O2S/c11-8-3-10(6-13-4-8)19(17,18)15-1-2-16-7-9(12)5-14-16/h3-7,15H,1-2,12H2. The molecule has 0 bridgehead atoms. The molecule has 102 valence electrons. The smallest absolute Gasteiger partial charge is 0.242 e. The van der Waals surface area contributed by atoms with E-state index in [1.54, 1.807) is 10.9 Å². The first-order valence-electron chi connectivity index (χ1n) is 5.35. The van der Waals surface area contributed by atoms with Gasteiger partial charge in [-0.1, -0.05) is 0 Å². The van der Waals surface area contributed by atoms with E-state index in [1.165, 1.54) is 24.7 Å². The number of rotatable bonds is 5. The Morgan fingerprint density at radius 2 is 2.16 bits per heavy atom. The quantitative estimate of drug-likeness (QED) is 0.825. The molecule has 2 heterocycles. The van der Waals surface area contributed by atoms with Crippen molar-refractivity contribution in [2.24, 2.45) is 0 Å². The van der Waals surface area contributed by atoms with Gasteiger partial charge in [-0.15, -0.1) is 0 Å². The number of nitrogens with zero attached hydrogens (tertiary/aromatic N) is 3. The van der Waals surface area contributed by atoms with Crippen LogP contribution >= 0.6 is 15.9 Å². The molecule has 9 heteroatoms. The Morgan fingerprint density at radius 1 is 1.37 bits per heavy atom. The molecule has 0 aliphatic carbocycles. The van der Waals surface area contributed by atoms with Crippen molar-refractivity contribution in [3.8, 4) is 0 Å². The number of nitrogen functional groups attached to an aromatic ring is 1. The summed E-state index contributed by atoms with van der Waals surface area (Å²) in [6, 6.07) is 1.49. The van der Waals surface area contributed by atoms with Gasteiger partial charge in [-0.25, -0.2) is 13.1 Å². The van der Waals surface area contributed by atoms with Gasteiger partial charge in [0.1, 0.15) is 4.90 Å². The second-order valence-electron chi connectivity index (χ2n) is 3.77. The minimum absolute atomic E-state index is 0.113. The molecule has 0 unspecified atom stereocenters. The maximum absolute atomic E-state index is 12.0. The van der Waals surface area contributed by atoms with E-state index in [2.05, 4.69) is 30.7 Å². The Balaban J connectivity index is 1.98. The summed E-state index contributed by atoms with van der Waals surface area (Å²) in [6.07, 6.45) is 5.95. The highest BCUT2D eigenvalue weighted by Crippen LogP contribution is 2.13. The predicted molar refractivity (Wildman–Crippen MR) is 73.8 cm³/mol. The van der Waals surface area contributed by atoms with Gasteiger partial charge in [0.15, 0.2) is 0 Å². The highest BCUT2D eigenvalue weighted by Gasteiger charge is 2.14. The van der Waals surface area contributed by atoms with Crippen LogP contribution in [0.1, 0.15) is 0 Å². The zero-order chi connectivity index (χ0) is 13.9. The Bertz CT molecular complexity index is 670. The molecule has 2 rings (SSSR count). The molecule has 2 aromatic rings. The van der Waals surface area contributed by atoms with Gasteiger partial charge in [-0.3, -0.25) is 9.67 Å². The second-order valence-corrected chi connectivity index (χ2v) is 6.46. The highest BCUT2D eigenvalue weighted by molar-refractivity contribution is 9.10. The Labute approximate surface area is 119 Å². The molecule has 0 amide bonds. The Hall–Kier alpha value is -1.45. The van der Waals surface area contributed by atoms with Crippen LogP contribution in [0.2, 0.25) is 0 Å². The number of aromatic nitrogens is 3. The van der Waals surface area contributed by atoms with Gasteiger partial charge in [0.05, 0.1) is 18.4 Å². The van der Waals surface area contributed by atoms with Crippen LogP contribution in [0.4, 0.5) is 5.69 Å². The lowest BCUT2D eigenvalue weighted by atomic mass is 10.5. The summed E-state index contributed by atoms with van der Waals surface area (Å²) in [5, 5.41) is 3.96. The summed E-state index contributed by atoms with van der Waals surface area (Å²) in [5.41, 5.74) is 6.05. The lowest BCUT2D eigenvalue weighted by Crippen LogP contribution is -2.27. The monoisotopic (exact) mass is 345 g/mol. The summed E-state index contributed by atoms with van der Waals surface area (Å²) < 4.78 is 28.6. The fraction of sp³-hybridized carbons (Fsp3) is 0.200. The Morgan fingerprint density at radius 3 is 2.79 bits per heavy atom. The van der Waals surface area contributed by atoms with E-state index >= 15 is 0 Å². The molecule has 0 spiro atoms. The number of pyridine rings is 1. The van der Waals surface area contributed by atoms with Crippen molar-refractivity contribution in [1.29, 1.82) is 0 Å². The average molecular weight is 346 g/mol. The van der Waals surface area contributed by atoms with Crippen LogP contribution in [-0.2, 0) is 16.6 Å². The van der Waals surface area contributed by atoms with Crippen molar-refractivity contribution < 1.29 is 8.42 Å². The van der Waals surface area contributed by atoms with E-state index in [4.69, 9.17) is 5.73 Å². The van der Waals surface area contributed by atoms with Gasteiger partial charge < -0.3 is 5.73 Å². The van der Waals surface area contributed by atoms with E-state index in [9.17, 15) is 8.42 Å². The van der Waals surface area contributed by atoms with Crippen LogP contribution in [0.25, 0.3) is 0 Å². The first kappa shape index (κ1) is 14.0. The third-order valence-corrected chi connectivity index (χ3v) is 4.14. The largest absolute Gasteiger partial charge is 0.396 e. The number of anilines is 1. The first-order valence-corrected chi connectivity index (χ1v) is 7.63. The lowest BCUT2D eigenvalue weighted by molar-refractivity contribution is 0.560. The molecule has 0 aliphatic rings. The van der Waals surface area contributed by atoms with Crippen LogP contribution in [0.3, 0.4) is 0 Å². The molecule has 7 nitrogen and oxygen atoms in total. The zero-order valence-electron chi connectivity index (χ0n) is 9.82. The van der Waals surface area contributed by atoms with Gasteiger partial charge in [0, 0.05) is 29.6 Å². The molecule has 0 saturated carbocycles. The first-order chi connectivity index (χ1) is 8.97. The maximum Gasteiger partial charge on any atom is 0.242 e. The van der Waals surface area contributed by atoms with Crippen LogP contribution in [0.5, 0.6) is 0 Å². The molecule has 0 radical (unpaired) electrons. The molecule has 0 atom stereocenters. The molecule has 19 heavy (non-hydrogen) atoms. The summed E-state index contributed by atoms with van der Waals surface area (Å²) >= 11 is 3.18. The second kappa shape index (κ2) is 5.68. The third-order valence-electron chi connectivity index (χ3n) is 2.28. The van der Waals surface area contributed by atoms with Gasteiger partial charge >= 0.3 is 0 Å². The van der Waals surface area contributed by atoms with Gasteiger partial charge in [-0.2, -0.15) is 5.10 Å². The number of hydrogen-bond donors (Lipinski definition) is 2. The number of sulfonamides is 1. The van der Waals surface area contributed by atoms with E-state index in [1.807, 2.05) is 0 Å². The molecule has 0 fully saturated rings. The summed E-state index contributed by atoms with van der Waals surface area (Å²) in [4.78, 5) is 3.93. The number of halogens is 1. The number of nitrogens with one attached hydrogen (secondary N) is 1. The van der Waals surface area contributed by atoms with Gasteiger partial charge in [-0.05, 0) is 22.0 Å². The van der Waals surface area contributed by atoms with E-state index in [0.29, 0.717) is 16.7 Å². The number of nitrogens with two attached hydrogens (primary N) is 1. The van der Waals surface area contributed by atoms with Gasteiger partial charge in [0.25, 0.3) is 0 Å². The third kappa shape index (κ3) is 3.75. The highest BCUT2D eigenvalue weighted by atomic mass is 79.9. The minimum atomic E-state index is -3.56. The van der Waals surface area contributed by atoms with Crippen molar-refractivity contribution in [1.82, 2.24) is 19.5 Å². The molecule has 2 aromatic heterocycles. The van der Waals surface area contributed by atoms with Crippen molar-refractivity contribution in [3.63, 3.8) is 0 Å². The van der Waals surface area contributed by atoms with E-state index < -0.39 is 10.0 Å². The summed E-state index contributed by atoms with van der Waals surface area (Å²) in [7, 11) is -3.56. The van der Waals surface area contributed by atoms with Crippen molar-refractivity contribution in [3.05, 3.63) is 35.3 Å². The van der Waals surface area contributed by atoms with Crippen molar-refractivity contribution in [2.75, 3.05) is 12.3 Å². The maximum atomic E-state index is 12.0. The molecular formula is C10H12BrN5O2S. The van der Waals surface area contributed by atoms with Gasteiger partial charge in [0.2, 0.25) is 10.0 Å². The normalized spacial score (nSPS) is 11.6. The summed E-state index contributed by atoms with van der Waals surface area (Å²) in [5.74, 6) is 0.